The summed E-state index contributed by atoms with van der Waals surface area (Å²) in [7, 11) is -10.0. The molecule has 0 radical (unpaired) electrons. The average molecular weight is 704 g/mol. The number of nitrogens with zero attached hydrogens (tertiary/aromatic N) is 1. The minimum Gasteiger partial charge on any atom is -0.408 e. The first-order chi connectivity index (χ1) is 20.8. The van der Waals surface area contributed by atoms with Crippen LogP contribution in [0.1, 0.15) is 57.2 Å². The molecular formula is C35H57NO6SSi3. The molecule has 2 fully saturated rings. The molecule has 0 spiro atoms. The lowest BCUT2D eigenvalue weighted by Crippen LogP contribution is -2.68. The van der Waals surface area contributed by atoms with Crippen LogP contribution in [0.2, 0.25) is 57.4 Å². The molecule has 46 heavy (non-hydrogen) atoms. The summed E-state index contributed by atoms with van der Waals surface area (Å²) in [6.45, 7) is 31.1. The quantitative estimate of drug-likeness (QED) is 0.371. The molecule has 7 nitrogen and oxygen atoms in total. The van der Waals surface area contributed by atoms with Gasteiger partial charge < -0.3 is 19.0 Å². The van der Waals surface area contributed by atoms with Crippen molar-refractivity contribution in [3.63, 3.8) is 0 Å². The number of aliphatic hydroxyl groups excluding tert-OH is 1. The van der Waals surface area contributed by atoms with Crippen molar-refractivity contribution in [2.45, 2.75) is 153 Å². The summed E-state index contributed by atoms with van der Waals surface area (Å²) in [6.07, 6.45) is -2.93. The summed E-state index contributed by atoms with van der Waals surface area (Å²) < 4.78 is 51.3. The fraction of sp³-hybridized carbons (Fsp3) is 0.657. The van der Waals surface area contributed by atoms with Crippen LogP contribution < -0.4 is 10.4 Å². The number of benzene rings is 2. The maximum atomic E-state index is 14.7. The Morgan fingerprint density at radius 1 is 0.891 bits per heavy atom. The first kappa shape index (κ1) is 36.1. The van der Waals surface area contributed by atoms with Gasteiger partial charge in [-0.2, -0.15) is 4.31 Å². The Kier molecular flexibility index (Phi) is 8.99. The molecule has 1 saturated carbocycles. The van der Waals surface area contributed by atoms with Gasteiger partial charge in [0.1, 0.15) is 18.3 Å². The molecule has 0 unspecified atom stereocenters. The molecule has 0 aromatic heterocycles. The van der Waals surface area contributed by atoms with Crippen LogP contribution in [0.25, 0.3) is 0 Å². The molecule has 2 aliphatic heterocycles. The maximum Gasteiger partial charge on any atom is 0.243 e. The van der Waals surface area contributed by atoms with Gasteiger partial charge in [-0.05, 0) is 62.2 Å². The van der Waals surface area contributed by atoms with Gasteiger partial charge in [-0.15, -0.1) is 0 Å². The van der Waals surface area contributed by atoms with Gasteiger partial charge in [0.15, 0.2) is 14.1 Å². The smallest absolute Gasteiger partial charge is 0.243 e. The highest BCUT2D eigenvalue weighted by Gasteiger charge is 2.64. The van der Waals surface area contributed by atoms with E-state index in [-0.39, 0.29) is 16.5 Å². The van der Waals surface area contributed by atoms with Gasteiger partial charge in [-0.1, -0.05) is 100 Å². The zero-order chi connectivity index (χ0) is 34.6. The maximum absolute atomic E-state index is 14.7. The van der Waals surface area contributed by atoms with Crippen molar-refractivity contribution in [1.29, 1.82) is 0 Å². The standard InChI is InChI=1S/C35H57NO6SSi3/c1-22-15-17-24(18-16-22)43(38,39)36-21-23-19-26(44(7,8)9)27(45(10,11)12)20-25(23)28-29(36)31-33(41-35(5,6)40-31)32(30(28)37)42-46(13,14)34(2,3)4/h15-20,28-33,37H,21H2,1-14H3/t28-,29-,30-,31+,32+,33+/m1/s1. The molecular weight excluding hydrogens is 647 g/mol. The van der Waals surface area contributed by atoms with Crippen molar-refractivity contribution >= 4 is 44.9 Å². The van der Waals surface area contributed by atoms with Crippen molar-refractivity contribution < 1.29 is 27.4 Å². The number of hydrogen-bond donors (Lipinski definition) is 1. The fourth-order valence-corrected chi connectivity index (χ4v) is 15.4. The van der Waals surface area contributed by atoms with Crippen molar-refractivity contribution in [3.8, 4) is 0 Å². The van der Waals surface area contributed by atoms with Crippen LogP contribution in [0, 0.1) is 6.92 Å². The Labute approximate surface area is 281 Å². The minimum absolute atomic E-state index is 0.101. The third kappa shape index (κ3) is 6.33. The number of aliphatic hydroxyl groups is 1. The van der Waals surface area contributed by atoms with Gasteiger partial charge in [0.25, 0.3) is 0 Å². The molecule has 1 aliphatic carbocycles. The molecule has 3 aliphatic rings. The van der Waals surface area contributed by atoms with E-state index in [9.17, 15) is 13.5 Å². The van der Waals surface area contributed by atoms with Crippen LogP contribution in [0.5, 0.6) is 0 Å². The number of fused-ring (bicyclic) bond motifs is 5. The molecule has 2 heterocycles. The predicted octanol–water partition coefficient (Wildman–Crippen LogP) is 6.03. The lowest BCUT2D eigenvalue weighted by atomic mass is 9.70. The SMILES string of the molecule is Cc1ccc(S(=O)(=O)N2Cc3cc([Si](C)(C)C)c([Si](C)(C)C)cc3[C@H]3[C@@H](O)[C@H](O[Si](C)(C)C(C)(C)C)[C@H]4OC(C)(C)O[C@H]4[C@@H]32)cc1. The summed E-state index contributed by atoms with van der Waals surface area (Å²) in [4.78, 5) is 0.244. The Morgan fingerprint density at radius 2 is 1.41 bits per heavy atom. The zero-order valence-electron chi connectivity index (χ0n) is 30.5. The van der Waals surface area contributed by atoms with Gasteiger partial charge in [0.05, 0.1) is 33.2 Å². The number of aryl methyl sites for hydroxylation is 1. The first-order valence-electron chi connectivity index (χ1n) is 16.7. The number of ether oxygens (including phenoxy) is 2. The summed E-state index contributed by atoms with van der Waals surface area (Å²) in [5.41, 5.74) is 2.99. The molecule has 2 aromatic rings. The van der Waals surface area contributed by atoms with Crippen molar-refractivity contribution in [1.82, 2.24) is 4.31 Å². The van der Waals surface area contributed by atoms with E-state index in [1.54, 1.807) is 16.4 Å². The van der Waals surface area contributed by atoms with E-state index in [4.69, 9.17) is 13.9 Å². The van der Waals surface area contributed by atoms with Gasteiger partial charge >= 0.3 is 0 Å². The van der Waals surface area contributed by atoms with Gasteiger partial charge in [-0.3, -0.25) is 0 Å². The largest absolute Gasteiger partial charge is 0.408 e. The molecule has 1 N–H and O–H groups in total. The second kappa shape index (κ2) is 11.4. The summed E-state index contributed by atoms with van der Waals surface area (Å²) >= 11 is 0. The van der Waals surface area contributed by atoms with Crippen LogP contribution in [0.15, 0.2) is 41.3 Å². The Hall–Kier alpha value is -1.16. The summed E-state index contributed by atoms with van der Waals surface area (Å²) in [5.74, 6) is -1.52. The highest BCUT2D eigenvalue weighted by Crippen LogP contribution is 2.52. The third-order valence-corrected chi connectivity index (χ3v) is 21.3. The number of rotatable bonds is 6. The molecule has 11 heteroatoms. The molecule has 2 aromatic carbocycles. The van der Waals surface area contributed by atoms with Crippen LogP contribution in [0.3, 0.4) is 0 Å². The van der Waals surface area contributed by atoms with Gasteiger partial charge in [0, 0.05) is 12.5 Å². The van der Waals surface area contributed by atoms with E-state index in [0.29, 0.717) is 0 Å². The van der Waals surface area contributed by atoms with Crippen molar-refractivity contribution in [2.75, 3.05) is 0 Å². The summed E-state index contributed by atoms with van der Waals surface area (Å²) in [5, 5.41) is 15.3. The topological polar surface area (TPSA) is 85.3 Å². The molecule has 1 saturated heterocycles. The number of sulfonamides is 1. The van der Waals surface area contributed by atoms with E-state index in [1.807, 2.05) is 32.9 Å². The molecule has 256 valence electrons. The molecule has 6 atom stereocenters. The molecule has 0 bridgehead atoms. The third-order valence-electron chi connectivity index (χ3n) is 10.7. The molecule has 5 rings (SSSR count). The Morgan fingerprint density at radius 3 is 1.93 bits per heavy atom. The van der Waals surface area contributed by atoms with Gasteiger partial charge in [0.2, 0.25) is 10.0 Å². The summed E-state index contributed by atoms with van der Waals surface area (Å²) in [6, 6.07) is 11.0. The lowest BCUT2D eigenvalue weighted by molar-refractivity contribution is -0.157. The van der Waals surface area contributed by atoms with Crippen molar-refractivity contribution in [2.24, 2.45) is 0 Å². The minimum atomic E-state index is -3.98. The Bertz CT molecular complexity index is 1590. The van der Waals surface area contributed by atoms with Gasteiger partial charge in [-0.25, -0.2) is 8.42 Å². The normalized spacial score (nSPS) is 28.8. The average Bonchev–Trinajstić information content (AvgIpc) is 3.22. The second-order valence-electron chi connectivity index (χ2n) is 17.9. The van der Waals surface area contributed by atoms with Crippen molar-refractivity contribution in [3.05, 3.63) is 53.1 Å². The molecule has 0 amide bonds. The van der Waals surface area contributed by atoms with E-state index >= 15 is 0 Å². The highest BCUT2D eigenvalue weighted by atomic mass is 32.2. The lowest BCUT2D eigenvalue weighted by Gasteiger charge is -2.54. The predicted molar refractivity (Wildman–Crippen MR) is 195 cm³/mol. The highest BCUT2D eigenvalue weighted by molar-refractivity contribution is 7.89. The van der Waals surface area contributed by atoms with E-state index in [1.165, 1.54) is 10.4 Å². The van der Waals surface area contributed by atoms with E-state index in [2.05, 4.69) is 85.3 Å². The van der Waals surface area contributed by atoms with Crippen LogP contribution in [-0.4, -0.2) is 78.5 Å². The zero-order valence-corrected chi connectivity index (χ0v) is 34.3. The van der Waals surface area contributed by atoms with E-state index in [0.717, 1.165) is 16.7 Å². The number of hydrogen-bond acceptors (Lipinski definition) is 6. The first-order valence-corrected chi connectivity index (χ1v) is 28.1. The Balaban J connectivity index is 1.78. The monoisotopic (exact) mass is 703 g/mol. The van der Waals surface area contributed by atoms with Crippen LogP contribution in [-0.2, 0) is 30.5 Å². The van der Waals surface area contributed by atoms with Crippen LogP contribution in [0.4, 0.5) is 0 Å². The second-order valence-corrected chi connectivity index (χ2v) is 34.6. The van der Waals surface area contributed by atoms with E-state index < -0.39 is 76.7 Å². The fourth-order valence-electron chi connectivity index (χ4n) is 7.22. The van der Waals surface area contributed by atoms with Crippen LogP contribution >= 0.6 is 0 Å².